The molecule has 1 unspecified atom stereocenters. The average molecular weight is 186 g/mol. The first-order valence-electron chi connectivity index (χ1n) is 5.15. The van der Waals surface area contributed by atoms with Gasteiger partial charge >= 0.3 is 5.97 Å². The van der Waals surface area contributed by atoms with Crippen LogP contribution in [0.2, 0.25) is 0 Å². The lowest BCUT2D eigenvalue weighted by atomic mass is 10.0. The molecule has 13 heavy (non-hydrogen) atoms. The van der Waals surface area contributed by atoms with Crippen LogP contribution in [-0.4, -0.2) is 11.6 Å². The topological polar surface area (TPSA) is 26.3 Å². The predicted molar refractivity (Wildman–Crippen MR) is 54.5 cm³/mol. The van der Waals surface area contributed by atoms with E-state index in [1.54, 1.807) is 0 Å². The van der Waals surface area contributed by atoms with Crippen LogP contribution >= 0.6 is 0 Å². The lowest BCUT2D eigenvalue weighted by Crippen LogP contribution is -2.30. The van der Waals surface area contributed by atoms with E-state index in [1.165, 1.54) is 0 Å². The predicted octanol–water partition coefficient (Wildman–Crippen LogP) is 3.15. The SMILES string of the molecule is CCCC(C)(C)OC(=O)C(C)CC. The first-order valence-corrected chi connectivity index (χ1v) is 5.15. The number of hydrogen-bond acceptors (Lipinski definition) is 2. The van der Waals surface area contributed by atoms with Crippen molar-refractivity contribution in [1.82, 2.24) is 0 Å². The molecule has 0 fully saturated rings. The Hall–Kier alpha value is -0.530. The molecule has 0 aliphatic carbocycles. The van der Waals surface area contributed by atoms with Crippen molar-refractivity contribution in [3.8, 4) is 0 Å². The highest BCUT2D eigenvalue weighted by atomic mass is 16.6. The Morgan fingerprint density at radius 2 is 1.92 bits per heavy atom. The van der Waals surface area contributed by atoms with Crippen LogP contribution in [0.3, 0.4) is 0 Å². The van der Waals surface area contributed by atoms with E-state index in [0.717, 1.165) is 19.3 Å². The van der Waals surface area contributed by atoms with Crippen LogP contribution in [0.1, 0.15) is 53.9 Å². The second kappa shape index (κ2) is 5.25. The highest BCUT2D eigenvalue weighted by Crippen LogP contribution is 2.19. The molecule has 0 radical (unpaired) electrons. The number of esters is 1. The molecule has 0 bridgehead atoms. The van der Waals surface area contributed by atoms with Gasteiger partial charge in [0.25, 0.3) is 0 Å². The van der Waals surface area contributed by atoms with Gasteiger partial charge in [0.2, 0.25) is 0 Å². The fraction of sp³-hybridized carbons (Fsp3) is 0.909. The van der Waals surface area contributed by atoms with Gasteiger partial charge in [-0.3, -0.25) is 4.79 Å². The van der Waals surface area contributed by atoms with Gasteiger partial charge in [0.15, 0.2) is 0 Å². The van der Waals surface area contributed by atoms with Crippen molar-refractivity contribution in [3.63, 3.8) is 0 Å². The van der Waals surface area contributed by atoms with Gasteiger partial charge in [-0.2, -0.15) is 0 Å². The smallest absolute Gasteiger partial charge is 0.309 e. The van der Waals surface area contributed by atoms with E-state index in [2.05, 4.69) is 6.92 Å². The Kier molecular flexibility index (Phi) is 5.04. The summed E-state index contributed by atoms with van der Waals surface area (Å²) in [5, 5.41) is 0. The van der Waals surface area contributed by atoms with Crippen molar-refractivity contribution in [2.75, 3.05) is 0 Å². The molecule has 1 atom stereocenters. The highest BCUT2D eigenvalue weighted by molar-refractivity contribution is 5.72. The summed E-state index contributed by atoms with van der Waals surface area (Å²) in [6.07, 6.45) is 2.82. The van der Waals surface area contributed by atoms with Crippen LogP contribution in [0.5, 0.6) is 0 Å². The largest absolute Gasteiger partial charge is 0.459 e. The van der Waals surface area contributed by atoms with Crippen molar-refractivity contribution in [2.45, 2.75) is 59.5 Å². The van der Waals surface area contributed by atoms with Gasteiger partial charge in [0, 0.05) is 0 Å². The van der Waals surface area contributed by atoms with Crippen LogP contribution in [-0.2, 0) is 9.53 Å². The minimum atomic E-state index is -0.296. The normalized spacial score (nSPS) is 13.9. The Bertz CT molecular complexity index is 161. The minimum absolute atomic E-state index is 0.0242. The molecule has 0 saturated heterocycles. The summed E-state index contributed by atoms with van der Waals surface area (Å²) in [6.45, 7) is 9.94. The monoisotopic (exact) mass is 186 g/mol. The molecule has 0 heterocycles. The van der Waals surface area contributed by atoms with E-state index in [4.69, 9.17) is 4.74 Å². The molecule has 0 aromatic heterocycles. The lowest BCUT2D eigenvalue weighted by molar-refractivity contribution is -0.161. The second-order valence-electron chi connectivity index (χ2n) is 4.24. The molecule has 0 aromatic rings. The number of hydrogen-bond donors (Lipinski definition) is 0. The highest BCUT2D eigenvalue weighted by Gasteiger charge is 2.24. The van der Waals surface area contributed by atoms with Gasteiger partial charge in [0.05, 0.1) is 5.92 Å². The summed E-state index contributed by atoms with van der Waals surface area (Å²) in [5.41, 5.74) is -0.296. The van der Waals surface area contributed by atoms with E-state index < -0.39 is 0 Å². The molecule has 0 spiro atoms. The van der Waals surface area contributed by atoms with Crippen molar-refractivity contribution in [2.24, 2.45) is 5.92 Å². The maximum Gasteiger partial charge on any atom is 0.309 e. The number of ether oxygens (including phenoxy) is 1. The fourth-order valence-corrected chi connectivity index (χ4v) is 1.19. The summed E-state index contributed by atoms with van der Waals surface area (Å²) >= 11 is 0. The zero-order valence-corrected chi connectivity index (χ0v) is 9.52. The van der Waals surface area contributed by atoms with Crippen molar-refractivity contribution in [3.05, 3.63) is 0 Å². The van der Waals surface area contributed by atoms with E-state index in [0.29, 0.717) is 0 Å². The quantitative estimate of drug-likeness (QED) is 0.616. The lowest BCUT2D eigenvalue weighted by Gasteiger charge is -2.26. The zero-order valence-electron chi connectivity index (χ0n) is 9.52. The third-order valence-electron chi connectivity index (χ3n) is 2.24. The van der Waals surface area contributed by atoms with Gasteiger partial charge < -0.3 is 4.74 Å². The van der Waals surface area contributed by atoms with Gasteiger partial charge in [-0.05, 0) is 26.7 Å². The third kappa shape index (κ3) is 4.91. The van der Waals surface area contributed by atoms with E-state index >= 15 is 0 Å². The van der Waals surface area contributed by atoms with Crippen LogP contribution in [0.4, 0.5) is 0 Å². The van der Waals surface area contributed by atoms with Gasteiger partial charge in [-0.25, -0.2) is 0 Å². The Balaban J connectivity index is 4.03. The molecular weight excluding hydrogens is 164 g/mol. The molecule has 2 nitrogen and oxygen atoms in total. The summed E-state index contributed by atoms with van der Waals surface area (Å²) in [4.78, 5) is 11.4. The van der Waals surface area contributed by atoms with Gasteiger partial charge in [0.1, 0.15) is 5.60 Å². The number of rotatable bonds is 5. The van der Waals surface area contributed by atoms with Gasteiger partial charge in [-0.1, -0.05) is 27.2 Å². The van der Waals surface area contributed by atoms with Crippen LogP contribution in [0.15, 0.2) is 0 Å². The number of carbonyl (C=O) groups is 1. The first kappa shape index (κ1) is 12.5. The zero-order chi connectivity index (χ0) is 10.5. The first-order chi connectivity index (χ1) is 5.93. The third-order valence-corrected chi connectivity index (χ3v) is 2.24. The maximum atomic E-state index is 11.4. The molecule has 0 aromatic carbocycles. The summed E-state index contributed by atoms with van der Waals surface area (Å²) in [6, 6.07) is 0. The average Bonchev–Trinajstić information content (AvgIpc) is 2.01. The molecule has 0 N–H and O–H groups in total. The van der Waals surface area contributed by atoms with Crippen LogP contribution in [0.25, 0.3) is 0 Å². The van der Waals surface area contributed by atoms with Crippen molar-refractivity contribution >= 4 is 5.97 Å². The summed E-state index contributed by atoms with van der Waals surface area (Å²) < 4.78 is 5.39. The van der Waals surface area contributed by atoms with E-state index in [-0.39, 0.29) is 17.5 Å². The Morgan fingerprint density at radius 3 is 2.31 bits per heavy atom. The molecule has 0 aliphatic heterocycles. The maximum absolute atomic E-state index is 11.4. The molecular formula is C11H22O2. The van der Waals surface area contributed by atoms with Crippen LogP contribution in [0, 0.1) is 5.92 Å². The van der Waals surface area contributed by atoms with Gasteiger partial charge in [-0.15, -0.1) is 0 Å². The Morgan fingerprint density at radius 1 is 1.38 bits per heavy atom. The van der Waals surface area contributed by atoms with E-state index in [1.807, 2.05) is 27.7 Å². The number of carbonyl (C=O) groups excluding carboxylic acids is 1. The summed E-state index contributed by atoms with van der Waals surface area (Å²) in [7, 11) is 0. The molecule has 0 amide bonds. The fourth-order valence-electron chi connectivity index (χ4n) is 1.19. The molecule has 78 valence electrons. The van der Waals surface area contributed by atoms with Crippen molar-refractivity contribution in [1.29, 1.82) is 0 Å². The van der Waals surface area contributed by atoms with E-state index in [9.17, 15) is 4.79 Å². The molecule has 0 rings (SSSR count). The Labute approximate surface area is 81.7 Å². The molecule has 0 saturated carbocycles. The summed E-state index contributed by atoms with van der Waals surface area (Å²) in [5.74, 6) is -0.0444. The molecule has 0 aliphatic rings. The standard InChI is InChI=1S/C11H22O2/c1-6-8-11(4,5)13-10(12)9(3)7-2/h9H,6-8H2,1-5H3. The van der Waals surface area contributed by atoms with Crippen molar-refractivity contribution < 1.29 is 9.53 Å². The second-order valence-corrected chi connectivity index (χ2v) is 4.24. The van der Waals surface area contributed by atoms with Crippen LogP contribution < -0.4 is 0 Å². The minimum Gasteiger partial charge on any atom is -0.459 e. The molecule has 2 heteroatoms.